The highest BCUT2D eigenvalue weighted by Gasteiger charge is 2.09. The zero-order chi connectivity index (χ0) is 15.7. The van der Waals surface area contributed by atoms with Crippen LogP contribution in [0.1, 0.15) is 5.82 Å². The molecule has 3 aromatic rings. The monoisotopic (exact) mass is 352 g/mol. The lowest BCUT2D eigenvalue weighted by Gasteiger charge is -2.10. The van der Waals surface area contributed by atoms with Gasteiger partial charge in [-0.05, 0) is 18.2 Å². The number of thiazole rings is 1. The molecule has 0 fully saturated rings. The maximum atomic E-state index is 5.98. The second-order valence-electron chi connectivity index (χ2n) is 4.68. The van der Waals surface area contributed by atoms with Gasteiger partial charge in [-0.2, -0.15) is 15.0 Å². The molecule has 0 spiro atoms. The van der Waals surface area contributed by atoms with Crippen LogP contribution in [0.15, 0.2) is 22.5 Å². The molecular weight excluding hydrogens is 340 g/mol. The second kappa shape index (κ2) is 6.23. The summed E-state index contributed by atoms with van der Waals surface area (Å²) in [7, 11) is 3.73. The zero-order valence-corrected chi connectivity index (χ0v) is 14.3. The first-order valence-corrected chi connectivity index (χ1v) is 8.56. The lowest BCUT2D eigenvalue weighted by Crippen LogP contribution is -2.15. The van der Waals surface area contributed by atoms with E-state index in [2.05, 4.69) is 19.9 Å². The average Bonchev–Trinajstić information content (AvgIpc) is 2.86. The molecule has 0 aliphatic rings. The second-order valence-corrected chi connectivity index (χ2v) is 7.37. The molecule has 0 saturated heterocycles. The number of nitrogen functional groups attached to an aromatic ring is 1. The van der Waals surface area contributed by atoms with Crippen molar-refractivity contribution in [2.45, 2.75) is 10.1 Å². The number of halogens is 1. The number of anilines is 2. The van der Waals surface area contributed by atoms with Crippen molar-refractivity contribution in [3.05, 3.63) is 29.0 Å². The first-order valence-electron chi connectivity index (χ1n) is 6.38. The number of fused-ring (bicyclic) bond motifs is 1. The van der Waals surface area contributed by atoms with Crippen molar-refractivity contribution in [2.24, 2.45) is 0 Å². The summed E-state index contributed by atoms with van der Waals surface area (Å²) < 4.78 is 2.05. The Balaban J connectivity index is 1.78. The highest BCUT2D eigenvalue weighted by atomic mass is 35.5. The molecule has 1 aromatic carbocycles. The Labute approximate surface area is 140 Å². The van der Waals surface area contributed by atoms with Crippen molar-refractivity contribution in [1.29, 1.82) is 0 Å². The zero-order valence-electron chi connectivity index (χ0n) is 11.9. The molecule has 114 valence electrons. The summed E-state index contributed by atoms with van der Waals surface area (Å²) in [5.41, 5.74) is 6.62. The van der Waals surface area contributed by atoms with E-state index in [1.54, 1.807) is 28.0 Å². The molecule has 0 unspecified atom stereocenters. The van der Waals surface area contributed by atoms with Gasteiger partial charge in [-0.3, -0.25) is 0 Å². The molecule has 0 aliphatic carbocycles. The van der Waals surface area contributed by atoms with Gasteiger partial charge in [-0.1, -0.05) is 23.4 Å². The smallest absolute Gasteiger partial charge is 0.229 e. The van der Waals surface area contributed by atoms with Gasteiger partial charge in [-0.15, -0.1) is 11.3 Å². The van der Waals surface area contributed by atoms with Crippen LogP contribution >= 0.6 is 34.7 Å². The third-order valence-corrected chi connectivity index (χ3v) is 5.15. The van der Waals surface area contributed by atoms with Crippen molar-refractivity contribution in [1.82, 2.24) is 19.9 Å². The summed E-state index contributed by atoms with van der Waals surface area (Å²) in [5, 5.41) is 0.690. The lowest BCUT2D eigenvalue weighted by molar-refractivity contribution is 0.919. The fourth-order valence-corrected chi connectivity index (χ4v) is 3.83. The third-order valence-electron chi connectivity index (χ3n) is 2.74. The Bertz CT molecular complexity index is 819. The third kappa shape index (κ3) is 3.40. The SMILES string of the molecule is CN(C)c1nc(N)nc(CSc2nc3cc(Cl)ccc3s2)n1. The Morgan fingerprint density at radius 1 is 1.23 bits per heavy atom. The van der Waals surface area contributed by atoms with Gasteiger partial charge in [0, 0.05) is 19.1 Å². The minimum absolute atomic E-state index is 0.227. The number of benzene rings is 1. The first kappa shape index (κ1) is 15.3. The molecule has 0 atom stereocenters. The van der Waals surface area contributed by atoms with Crippen molar-refractivity contribution >= 4 is 56.8 Å². The molecule has 0 saturated carbocycles. The van der Waals surface area contributed by atoms with Gasteiger partial charge in [0.15, 0.2) is 4.34 Å². The van der Waals surface area contributed by atoms with E-state index in [-0.39, 0.29) is 5.95 Å². The van der Waals surface area contributed by atoms with Crippen molar-refractivity contribution in [3.8, 4) is 0 Å². The molecule has 6 nitrogen and oxygen atoms in total. The molecule has 0 aliphatic heterocycles. The number of hydrogen-bond acceptors (Lipinski definition) is 8. The van der Waals surface area contributed by atoms with Crippen molar-refractivity contribution in [3.63, 3.8) is 0 Å². The van der Waals surface area contributed by atoms with Gasteiger partial charge in [-0.25, -0.2) is 4.98 Å². The molecule has 2 heterocycles. The van der Waals surface area contributed by atoms with E-state index in [1.165, 1.54) is 0 Å². The van der Waals surface area contributed by atoms with Gasteiger partial charge in [0.1, 0.15) is 5.82 Å². The van der Waals surface area contributed by atoms with Crippen molar-refractivity contribution < 1.29 is 0 Å². The highest BCUT2D eigenvalue weighted by Crippen LogP contribution is 2.32. The van der Waals surface area contributed by atoms with Gasteiger partial charge in [0.05, 0.1) is 16.0 Å². The number of hydrogen-bond donors (Lipinski definition) is 1. The topological polar surface area (TPSA) is 80.8 Å². The van der Waals surface area contributed by atoms with Crippen molar-refractivity contribution in [2.75, 3.05) is 24.7 Å². The molecule has 0 radical (unpaired) electrons. The minimum Gasteiger partial charge on any atom is -0.368 e. The summed E-state index contributed by atoms with van der Waals surface area (Å²) in [6, 6.07) is 5.71. The summed E-state index contributed by atoms with van der Waals surface area (Å²) >= 11 is 9.17. The fraction of sp³-hybridized carbons (Fsp3) is 0.231. The van der Waals surface area contributed by atoms with E-state index in [1.807, 2.05) is 32.3 Å². The van der Waals surface area contributed by atoms with Crippen LogP contribution in [0, 0.1) is 0 Å². The number of rotatable bonds is 4. The average molecular weight is 353 g/mol. The minimum atomic E-state index is 0.227. The van der Waals surface area contributed by atoms with Crippen LogP contribution in [0.25, 0.3) is 10.2 Å². The molecule has 2 N–H and O–H groups in total. The molecule has 9 heteroatoms. The van der Waals surface area contributed by atoms with Crippen LogP contribution < -0.4 is 10.6 Å². The number of nitrogens with zero attached hydrogens (tertiary/aromatic N) is 5. The van der Waals surface area contributed by atoms with Gasteiger partial charge in [0.25, 0.3) is 0 Å². The van der Waals surface area contributed by atoms with E-state index >= 15 is 0 Å². The molecule has 0 amide bonds. The van der Waals surface area contributed by atoms with Crippen LogP contribution in [0.5, 0.6) is 0 Å². The lowest BCUT2D eigenvalue weighted by atomic mass is 10.3. The Kier molecular flexibility index (Phi) is 4.32. The Morgan fingerprint density at radius 3 is 2.82 bits per heavy atom. The predicted molar refractivity (Wildman–Crippen MR) is 92.8 cm³/mol. The van der Waals surface area contributed by atoms with E-state index in [4.69, 9.17) is 17.3 Å². The van der Waals surface area contributed by atoms with Gasteiger partial charge in [0.2, 0.25) is 11.9 Å². The Morgan fingerprint density at radius 2 is 2.05 bits per heavy atom. The summed E-state index contributed by atoms with van der Waals surface area (Å²) in [6.07, 6.45) is 0. The van der Waals surface area contributed by atoms with E-state index in [0.717, 1.165) is 14.6 Å². The highest BCUT2D eigenvalue weighted by molar-refractivity contribution is 8.00. The molecule has 2 aromatic heterocycles. The van der Waals surface area contributed by atoms with Crippen LogP contribution in [0.4, 0.5) is 11.9 Å². The van der Waals surface area contributed by atoms with Gasteiger partial charge < -0.3 is 10.6 Å². The predicted octanol–water partition coefficient (Wildman–Crippen LogP) is 3.08. The van der Waals surface area contributed by atoms with Crippen LogP contribution in [0.3, 0.4) is 0 Å². The normalized spacial score (nSPS) is 11.0. The molecule has 3 rings (SSSR count). The summed E-state index contributed by atoms with van der Waals surface area (Å²) in [6.45, 7) is 0. The summed E-state index contributed by atoms with van der Waals surface area (Å²) in [5.74, 6) is 2.00. The first-order chi connectivity index (χ1) is 10.5. The quantitative estimate of drug-likeness (QED) is 0.722. The van der Waals surface area contributed by atoms with Crippen LogP contribution in [0.2, 0.25) is 5.02 Å². The molecular formula is C13H13ClN6S2. The molecule has 22 heavy (non-hydrogen) atoms. The number of aromatic nitrogens is 4. The Hall–Kier alpha value is -1.64. The maximum Gasteiger partial charge on any atom is 0.229 e. The van der Waals surface area contributed by atoms with E-state index in [0.29, 0.717) is 22.5 Å². The van der Waals surface area contributed by atoms with E-state index < -0.39 is 0 Å². The summed E-state index contributed by atoms with van der Waals surface area (Å²) in [4.78, 5) is 19.0. The van der Waals surface area contributed by atoms with Gasteiger partial charge >= 0.3 is 0 Å². The largest absolute Gasteiger partial charge is 0.368 e. The maximum absolute atomic E-state index is 5.98. The standard InChI is InChI=1S/C13H13ClN6S2/c1-20(2)12-18-10(17-11(15)19-12)6-21-13-16-8-5-7(14)3-4-9(8)22-13/h3-5H,6H2,1-2H3,(H2,15,17,18,19). The van der Waals surface area contributed by atoms with E-state index in [9.17, 15) is 0 Å². The number of thioether (sulfide) groups is 1. The molecule has 0 bridgehead atoms. The number of nitrogens with two attached hydrogens (primary N) is 1. The fourth-order valence-electron chi connectivity index (χ4n) is 1.76. The van der Waals surface area contributed by atoms with Crippen LogP contribution in [-0.4, -0.2) is 34.0 Å². The van der Waals surface area contributed by atoms with Crippen LogP contribution in [-0.2, 0) is 5.75 Å².